The quantitative estimate of drug-likeness (QED) is 0.367. The van der Waals surface area contributed by atoms with Crippen LogP contribution in [0.1, 0.15) is 74.6 Å². The third-order valence-corrected chi connectivity index (χ3v) is 4.77. The second-order valence-corrected chi connectivity index (χ2v) is 7.02. The molecule has 0 saturated heterocycles. The van der Waals surface area contributed by atoms with Crippen LogP contribution in [0.2, 0.25) is 0 Å². The van der Waals surface area contributed by atoms with E-state index in [1.54, 1.807) is 12.1 Å². The van der Waals surface area contributed by atoms with Crippen molar-refractivity contribution in [3.8, 4) is 11.5 Å². The first-order valence-electron chi connectivity index (χ1n) is 9.96. The molecule has 0 bridgehead atoms. The van der Waals surface area contributed by atoms with Crippen LogP contribution in [0.25, 0.3) is 12.2 Å². The van der Waals surface area contributed by atoms with E-state index in [-0.39, 0.29) is 0 Å². The van der Waals surface area contributed by atoms with Gasteiger partial charge in [0.15, 0.2) is 0 Å². The van der Waals surface area contributed by atoms with Gasteiger partial charge in [-0.1, -0.05) is 63.8 Å². The monoisotopic (exact) mass is 352 g/mol. The van der Waals surface area contributed by atoms with Crippen LogP contribution in [0.3, 0.4) is 0 Å². The summed E-state index contributed by atoms with van der Waals surface area (Å²) in [4.78, 5) is 0. The molecular formula is C24H32O2. The molecule has 26 heavy (non-hydrogen) atoms. The Hall–Kier alpha value is -2.22. The molecule has 2 N–H and O–H groups in total. The molecule has 0 radical (unpaired) electrons. The zero-order chi connectivity index (χ0) is 18.8. The number of rotatable bonds is 10. The third-order valence-electron chi connectivity index (χ3n) is 4.77. The summed E-state index contributed by atoms with van der Waals surface area (Å²) in [6.45, 7) is 4.38. The Morgan fingerprint density at radius 1 is 0.654 bits per heavy atom. The summed E-state index contributed by atoms with van der Waals surface area (Å²) in [6.07, 6.45) is 12.9. The molecule has 0 aromatic heterocycles. The zero-order valence-electron chi connectivity index (χ0n) is 16.2. The Labute approximate surface area is 158 Å². The van der Waals surface area contributed by atoms with Crippen molar-refractivity contribution in [2.45, 2.75) is 65.2 Å². The Morgan fingerprint density at radius 3 is 1.46 bits per heavy atom. The SMILES string of the molecule is CCCCCc1cc(/C=C/c2ccc(O)c(CCCCC)c2)ccc1O. The van der Waals surface area contributed by atoms with E-state index in [0.717, 1.165) is 47.9 Å². The van der Waals surface area contributed by atoms with Gasteiger partial charge < -0.3 is 10.2 Å². The summed E-state index contributed by atoms with van der Waals surface area (Å²) in [5.74, 6) is 0.780. The molecule has 2 aromatic carbocycles. The first-order valence-corrected chi connectivity index (χ1v) is 9.96. The van der Waals surface area contributed by atoms with Gasteiger partial charge in [-0.05, 0) is 72.2 Å². The number of phenolic OH excluding ortho intramolecular Hbond substituents is 2. The maximum absolute atomic E-state index is 10.0. The highest BCUT2D eigenvalue weighted by Crippen LogP contribution is 2.24. The van der Waals surface area contributed by atoms with Gasteiger partial charge in [-0.25, -0.2) is 0 Å². The average Bonchev–Trinajstić information content (AvgIpc) is 2.64. The molecule has 140 valence electrons. The van der Waals surface area contributed by atoms with Gasteiger partial charge in [0, 0.05) is 0 Å². The highest BCUT2D eigenvalue weighted by molar-refractivity contribution is 5.71. The van der Waals surface area contributed by atoms with Crippen LogP contribution >= 0.6 is 0 Å². The highest BCUT2D eigenvalue weighted by atomic mass is 16.3. The fourth-order valence-corrected chi connectivity index (χ4v) is 3.14. The van der Waals surface area contributed by atoms with Gasteiger partial charge in [-0.15, -0.1) is 0 Å². The largest absolute Gasteiger partial charge is 0.508 e. The van der Waals surface area contributed by atoms with Crippen molar-refractivity contribution >= 4 is 12.2 Å². The van der Waals surface area contributed by atoms with Crippen LogP contribution in [0, 0.1) is 0 Å². The Bertz CT molecular complexity index is 655. The lowest BCUT2D eigenvalue weighted by atomic mass is 10.0. The Balaban J connectivity index is 2.09. The summed E-state index contributed by atoms with van der Waals surface area (Å²) in [5.41, 5.74) is 4.22. The van der Waals surface area contributed by atoms with Gasteiger partial charge in [-0.2, -0.15) is 0 Å². The molecule has 0 aliphatic rings. The second kappa shape index (κ2) is 10.7. The molecule has 0 spiro atoms. The van der Waals surface area contributed by atoms with Gasteiger partial charge in [0.05, 0.1) is 0 Å². The zero-order valence-corrected chi connectivity index (χ0v) is 16.2. The molecular weight excluding hydrogens is 320 g/mol. The summed E-state index contributed by atoms with van der Waals surface area (Å²) in [7, 11) is 0. The van der Waals surface area contributed by atoms with Crippen molar-refractivity contribution < 1.29 is 10.2 Å². The van der Waals surface area contributed by atoms with Gasteiger partial charge in [0.25, 0.3) is 0 Å². The molecule has 0 saturated carbocycles. The number of benzene rings is 2. The molecule has 0 atom stereocenters. The maximum atomic E-state index is 10.0. The van der Waals surface area contributed by atoms with Crippen molar-refractivity contribution in [3.63, 3.8) is 0 Å². The highest BCUT2D eigenvalue weighted by Gasteiger charge is 2.03. The lowest BCUT2D eigenvalue weighted by Crippen LogP contribution is -1.88. The van der Waals surface area contributed by atoms with Crippen molar-refractivity contribution in [3.05, 3.63) is 58.7 Å². The maximum Gasteiger partial charge on any atom is 0.118 e. The molecule has 2 rings (SSSR count). The van der Waals surface area contributed by atoms with Gasteiger partial charge in [0.2, 0.25) is 0 Å². The Morgan fingerprint density at radius 2 is 1.08 bits per heavy atom. The fraction of sp³-hybridized carbons (Fsp3) is 0.417. The predicted octanol–water partition coefficient (Wildman–Crippen LogP) is 6.73. The summed E-state index contributed by atoms with van der Waals surface area (Å²) >= 11 is 0. The van der Waals surface area contributed by atoms with Gasteiger partial charge >= 0.3 is 0 Å². The van der Waals surface area contributed by atoms with E-state index in [1.807, 2.05) is 12.1 Å². The first kappa shape index (κ1) is 20.1. The molecule has 2 heteroatoms. The number of aryl methyl sites for hydroxylation is 2. The summed E-state index contributed by atoms with van der Waals surface area (Å²) in [6, 6.07) is 11.6. The molecule has 0 aliphatic carbocycles. The van der Waals surface area contributed by atoms with Gasteiger partial charge in [0.1, 0.15) is 11.5 Å². The molecule has 0 amide bonds. The first-order chi connectivity index (χ1) is 12.6. The number of aromatic hydroxyl groups is 2. The van der Waals surface area contributed by atoms with Crippen LogP contribution in [-0.4, -0.2) is 10.2 Å². The molecule has 2 aromatic rings. The summed E-state index contributed by atoms with van der Waals surface area (Å²) < 4.78 is 0. The van der Waals surface area contributed by atoms with Crippen molar-refractivity contribution in [2.24, 2.45) is 0 Å². The minimum Gasteiger partial charge on any atom is -0.508 e. The normalized spacial score (nSPS) is 11.3. The average molecular weight is 353 g/mol. The van der Waals surface area contributed by atoms with Crippen LogP contribution in [0.5, 0.6) is 11.5 Å². The van der Waals surface area contributed by atoms with Crippen LogP contribution in [-0.2, 0) is 12.8 Å². The number of hydrogen-bond donors (Lipinski definition) is 2. The fourth-order valence-electron chi connectivity index (χ4n) is 3.14. The van der Waals surface area contributed by atoms with Crippen LogP contribution in [0.4, 0.5) is 0 Å². The van der Waals surface area contributed by atoms with E-state index >= 15 is 0 Å². The minimum atomic E-state index is 0.390. The van der Waals surface area contributed by atoms with E-state index in [9.17, 15) is 10.2 Å². The lowest BCUT2D eigenvalue weighted by molar-refractivity contribution is 0.466. The minimum absolute atomic E-state index is 0.390. The van der Waals surface area contributed by atoms with E-state index in [0.29, 0.717) is 11.5 Å². The van der Waals surface area contributed by atoms with Crippen LogP contribution in [0.15, 0.2) is 36.4 Å². The van der Waals surface area contributed by atoms with Crippen LogP contribution < -0.4 is 0 Å². The van der Waals surface area contributed by atoms with E-state index in [1.165, 1.54) is 25.7 Å². The topological polar surface area (TPSA) is 40.5 Å². The molecule has 2 nitrogen and oxygen atoms in total. The van der Waals surface area contributed by atoms with Crippen molar-refractivity contribution in [2.75, 3.05) is 0 Å². The predicted molar refractivity (Wildman–Crippen MR) is 112 cm³/mol. The van der Waals surface area contributed by atoms with Crippen molar-refractivity contribution in [1.82, 2.24) is 0 Å². The second-order valence-electron chi connectivity index (χ2n) is 7.02. The molecule has 0 unspecified atom stereocenters. The smallest absolute Gasteiger partial charge is 0.118 e. The molecule has 0 heterocycles. The van der Waals surface area contributed by atoms with Crippen molar-refractivity contribution in [1.29, 1.82) is 0 Å². The lowest BCUT2D eigenvalue weighted by Gasteiger charge is -2.07. The van der Waals surface area contributed by atoms with E-state index < -0.39 is 0 Å². The molecule has 0 fully saturated rings. The standard InChI is InChI=1S/C24H32O2/c1-3-5-7-9-21-17-19(13-15-23(21)25)11-12-20-14-16-24(26)22(18-20)10-8-6-4-2/h11-18,25-26H,3-10H2,1-2H3/b12-11+. The number of unbranched alkanes of at least 4 members (excludes halogenated alkanes) is 4. The number of hydrogen-bond acceptors (Lipinski definition) is 2. The third kappa shape index (κ3) is 6.25. The Kier molecular flexibility index (Phi) is 8.27. The van der Waals surface area contributed by atoms with Gasteiger partial charge in [-0.3, -0.25) is 0 Å². The molecule has 0 aliphatic heterocycles. The number of phenols is 2. The van der Waals surface area contributed by atoms with E-state index in [4.69, 9.17) is 0 Å². The summed E-state index contributed by atoms with van der Waals surface area (Å²) in [5, 5.41) is 20.1. The van der Waals surface area contributed by atoms with E-state index in [2.05, 4.69) is 38.1 Å².